The molecule has 1 N–H and O–H groups in total. The Hall–Kier alpha value is -3.85. The number of para-hydroxylation sites is 1. The van der Waals surface area contributed by atoms with Crippen LogP contribution in [0.3, 0.4) is 0 Å². The first-order chi connectivity index (χ1) is 14.2. The second-order valence-corrected chi connectivity index (χ2v) is 6.88. The molecule has 0 atom stereocenters. The molecule has 1 amide bonds. The molecule has 0 saturated carbocycles. The fourth-order valence-electron chi connectivity index (χ4n) is 3.70. The Morgan fingerprint density at radius 2 is 1.59 bits per heavy atom. The molecule has 6 nitrogen and oxygen atoms in total. The molecule has 4 rings (SSSR count). The molecule has 1 aliphatic heterocycles. The normalized spacial score (nSPS) is 14.7. The lowest BCUT2D eigenvalue weighted by Crippen LogP contribution is -2.49. The van der Waals surface area contributed by atoms with E-state index in [4.69, 9.17) is 5.26 Å². The number of nitrogens with zero attached hydrogens (tertiary/aromatic N) is 3. The van der Waals surface area contributed by atoms with Crippen molar-refractivity contribution >= 4 is 28.3 Å². The van der Waals surface area contributed by atoms with E-state index in [0.717, 1.165) is 22.2 Å². The number of nitrogens with one attached hydrogen (secondary N) is 1. The van der Waals surface area contributed by atoms with Gasteiger partial charge in [0.15, 0.2) is 0 Å². The Labute approximate surface area is 168 Å². The van der Waals surface area contributed by atoms with Crippen LogP contribution in [0.4, 0.5) is 0 Å². The van der Waals surface area contributed by atoms with Gasteiger partial charge in [0, 0.05) is 49.4 Å². The molecule has 3 aromatic rings. The number of hydrogen-bond acceptors (Lipinski definition) is 4. The quantitative estimate of drug-likeness (QED) is 0.426. The van der Waals surface area contributed by atoms with Crippen molar-refractivity contribution in [1.82, 2.24) is 14.8 Å². The highest BCUT2D eigenvalue weighted by Crippen LogP contribution is 2.22. The van der Waals surface area contributed by atoms with E-state index in [1.165, 1.54) is 6.08 Å². The maximum atomic E-state index is 12.8. The van der Waals surface area contributed by atoms with Gasteiger partial charge in [-0.15, -0.1) is 0 Å². The van der Waals surface area contributed by atoms with Crippen molar-refractivity contribution < 1.29 is 9.59 Å². The number of piperazine rings is 1. The Morgan fingerprint density at radius 3 is 2.31 bits per heavy atom. The fraction of sp³-hybridized carbons (Fsp3) is 0.174. The number of benzene rings is 2. The molecule has 0 radical (unpaired) electrons. The van der Waals surface area contributed by atoms with Crippen LogP contribution < -0.4 is 0 Å². The Kier molecular flexibility index (Phi) is 5.12. The van der Waals surface area contributed by atoms with Crippen LogP contribution >= 0.6 is 0 Å². The van der Waals surface area contributed by atoms with Crippen molar-refractivity contribution in [2.45, 2.75) is 0 Å². The van der Waals surface area contributed by atoms with Gasteiger partial charge in [-0.2, -0.15) is 5.26 Å². The maximum Gasteiger partial charge on any atom is 0.295 e. The summed E-state index contributed by atoms with van der Waals surface area (Å²) in [5.41, 5.74) is 3.04. The molecule has 1 aliphatic rings. The highest BCUT2D eigenvalue weighted by molar-refractivity contribution is 6.44. The summed E-state index contributed by atoms with van der Waals surface area (Å²) in [6.07, 6.45) is 3.13. The monoisotopic (exact) mass is 384 g/mol. The molecular weight excluding hydrogens is 364 g/mol. The summed E-state index contributed by atoms with van der Waals surface area (Å²) in [6.45, 7) is 2.00. The van der Waals surface area contributed by atoms with Gasteiger partial charge in [0.05, 0.1) is 17.3 Å². The van der Waals surface area contributed by atoms with E-state index in [9.17, 15) is 9.59 Å². The summed E-state index contributed by atoms with van der Waals surface area (Å²) in [4.78, 5) is 32.3. The number of aromatic nitrogens is 1. The lowest BCUT2D eigenvalue weighted by Gasteiger charge is -2.37. The molecule has 1 aromatic heterocycles. The zero-order valence-corrected chi connectivity index (χ0v) is 15.8. The minimum atomic E-state index is -0.494. The number of amides is 1. The molecule has 144 valence electrons. The van der Waals surface area contributed by atoms with Crippen molar-refractivity contribution in [3.05, 3.63) is 78.0 Å². The van der Waals surface area contributed by atoms with Gasteiger partial charge in [0.2, 0.25) is 0 Å². The third-order valence-electron chi connectivity index (χ3n) is 5.21. The zero-order valence-electron chi connectivity index (χ0n) is 15.8. The molecule has 2 aromatic carbocycles. The number of fused-ring (bicyclic) bond motifs is 1. The summed E-state index contributed by atoms with van der Waals surface area (Å²) < 4.78 is 0. The predicted molar refractivity (Wildman–Crippen MR) is 111 cm³/mol. The molecule has 1 fully saturated rings. The highest BCUT2D eigenvalue weighted by Gasteiger charge is 2.29. The van der Waals surface area contributed by atoms with Crippen LogP contribution in [0.2, 0.25) is 0 Å². The second kappa shape index (κ2) is 8.03. The first-order valence-corrected chi connectivity index (χ1v) is 9.49. The molecule has 0 aliphatic carbocycles. The van der Waals surface area contributed by atoms with Crippen LogP contribution in [0.5, 0.6) is 0 Å². The number of aromatic amines is 1. The van der Waals surface area contributed by atoms with Crippen molar-refractivity contribution in [2.75, 3.05) is 26.2 Å². The third kappa shape index (κ3) is 3.63. The number of allylic oxidation sites excluding steroid dienone is 1. The number of H-pyrrole nitrogens is 1. The minimum Gasteiger partial charge on any atom is -0.367 e. The van der Waals surface area contributed by atoms with Gasteiger partial charge in [-0.05, 0) is 11.6 Å². The SMILES string of the molecule is N#C/C=C(\c1ccccc1)N1CCN(C(=O)C(=O)c2c[nH]c3ccccc23)CC1. The number of nitriles is 1. The molecule has 2 heterocycles. The minimum absolute atomic E-state index is 0.405. The smallest absolute Gasteiger partial charge is 0.295 e. The zero-order chi connectivity index (χ0) is 20.2. The van der Waals surface area contributed by atoms with Crippen LogP contribution in [0.1, 0.15) is 15.9 Å². The number of hydrogen-bond donors (Lipinski definition) is 1. The number of rotatable bonds is 4. The summed E-state index contributed by atoms with van der Waals surface area (Å²) in [5.74, 6) is -0.980. The van der Waals surface area contributed by atoms with Gasteiger partial charge in [-0.1, -0.05) is 48.5 Å². The summed E-state index contributed by atoms with van der Waals surface area (Å²) in [5, 5.41) is 9.93. The van der Waals surface area contributed by atoms with Gasteiger partial charge in [-0.3, -0.25) is 9.59 Å². The standard InChI is InChI=1S/C23H20N4O2/c24-11-10-21(17-6-2-1-3-7-17)26-12-14-27(15-13-26)23(29)22(28)19-16-25-20-9-5-4-8-18(19)20/h1-10,16,25H,12-15H2/b21-10+. The molecule has 1 saturated heterocycles. The maximum absolute atomic E-state index is 12.8. The van der Waals surface area contributed by atoms with Crippen LogP contribution in [-0.4, -0.2) is 52.7 Å². The van der Waals surface area contributed by atoms with Crippen LogP contribution in [0.15, 0.2) is 66.9 Å². The van der Waals surface area contributed by atoms with Crippen molar-refractivity contribution in [3.8, 4) is 6.07 Å². The summed E-state index contributed by atoms with van der Waals surface area (Å²) in [7, 11) is 0. The van der Waals surface area contributed by atoms with Gasteiger partial charge in [0.25, 0.3) is 11.7 Å². The van der Waals surface area contributed by atoms with E-state index >= 15 is 0 Å². The Balaban J connectivity index is 1.46. The molecule has 6 heteroatoms. The molecule has 0 unspecified atom stereocenters. The molecular formula is C23H20N4O2. The van der Waals surface area contributed by atoms with Crippen LogP contribution in [0.25, 0.3) is 16.6 Å². The summed E-state index contributed by atoms with van der Waals surface area (Å²) in [6, 6.07) is 19.3. The first kappa shape index (κ1) is 18.5. The van der Waals surface area contributed by atoms with E-state index < -0.39 is 11.7 Å². The van der Waals surface area contributed by atoms with E-state index in [1.54, 1.807) is 11.1 Å². The highest BCUT2D eigenvalue weighted by atomic mass is 16.2. The first-order valence-electron chi connectivity index (χ1n) is 9.49. The summed E-state index contributed by atoms with van der Waals surface area (Å²) >= 11 is 0. The van der Waals surface area contributed by atoms with Gasteiger partial charge < -0.3 is 14.8 Å². The third-order valence-corrected chi connectivity index (χ3v) is 5.21. The van der Waals surface area contributed by atoms with Crippen molar-refractivity contribution in [3.63, 3.8) is 0 Å². The van der Waals surface area contributed by atoms with Gasteiger partial charge in [0.1, 0.15) is 0 Å². The van der Waals surface area contributed by atoms with Crippen molar-refractivity contribution in [2.24, 2.45) is 0 Å². The lowest BCUT2D eigenvalue weighted by molar-refractivity contribution is -0.127. The molecule has 29 heavy (non-hydrogen) atoms. The fourth-order valence-corrected chi connectivity index (χ4v) is 3.70. The number of ketones is 1. The largest absolute Gasteiger partial charge is 0.367 e. The number of Topliss-reactive ketones (excluding diaryl/α,β-unsaturated/α-hetero) is 1. The average molecular weight is 384 g/mol. The topological polar surface area (TPSA) is 80.2 Å². The number of carbonyl (C=O) groups excluding carboxylic acids is 2. The van der Waals surface area contributed by atoms with E-state index in [-0.39, 0.29) is 0 Å². The van der Waals surface area contributed by atoms with Crippen LogP contribution in [0, 0.1) is 11.3 Å². The molecule has 0 spiro atoms. The lowest BCUT2D eigenvalue weighted by atomic mass is 10.1. The molecule has 0 bridgehead atoms. The average Bonchev–Trinajstić information content (AvgIpc) is 3.21. The Bertz CT molecular complexity index is 1120. The van der Waals surface area contributed by atoms with E-state index in [0.29, 0.717) is 31.7 Å². The predicted octanol–water partition coefficient (Wildman–Crippen LogP) is 3.06. The van der Waals surface area contributed by atoms with Crippen molar-refractivity contribution in [1.29, 1.82) is 5.26 Å². The van der Waals surface area contributed by atoms with E-state index in [1.807, 2.05) is 54.6 Å². The van der Waals surface area contributed by atoms with Gasteiger partial charge >= 0.3 is 0 Å². The van der Waals surface area contributed by atoms with Crippen LogP contribution in [-0.2, 0) is 4.79 Å². The van der Waals surface area contributed by atoms with E-state index in [2.05, 4.69) is 16.0 Å². The second-order valence-electron chi connectivity index (χ2n) is 6.88. The Morgan fingerprint density at radius 1 is 0.931 bits per heavy atom. The number of carbonyl (C=O) groups is 2. The van der Waals surface area contributed by atoms with Gasteiger partial charge in [-0.25, -0.2) is 0 Å².